The molecule has 2 rings (SSSR count). The van der Waals surface area contributed by atoms with Crippen LogP contribution >= 0.6 is 0 Å². The number of benzene rings is 1. The summed E-state index contributed by atoms with van der Waals surface area (Å²) in [5.41, 5.74) is 1.51. The molecule has 0 spiro atoms. The lowest BCUT2D eigenvalue weighted by atomic mass is 9.90. The first-order valence-corrected chi connectivity index (χ1v) is 5.44. The van der Waals surface area contributed by atoms with Gasteiger partial charge in [-0.05, 0) is 36.3 Å². The minimum atomic E-state index is -0.217. The van der Waals surface area contributed by atoms with Crippen molar-refractivity contribution in [3.8, 4) is 0 Å². The zero-order valence-electron chi connectivity index (χ0n) is 8.65. The first kappa shape index (κ1) is 9.70. The number of halogens is 1. The molecule has 1 saturated carbocycles. The highest BCUT2D eigenvalue weighted by atomic mass is 19.1. The van der Waals surface area contributed by atoms with Gasteiger partial charge in [-0.25, -0.2) is 4.39 Å². The summed E-state index contributed by atoms with van der Waals surface area (Å²) in [4.78, 5) is 0. The maximum absolute atomic E-state index is 13.0. The van der Waals surface area contributed by atoms with Crippen molar-refractivity contribution in [1.29, 1.82) is 0 Å². The van der Waals surface area contributed by atoms with E-state index in [9.17, 15) is 4.39 Å². The van der Waals surface area contributed by atoms with E-state index in [1.165, 1.54) is 37.7 Å². The highest BCUT2D eigenvalue weighted by Gasteiger charge is 2.43. The Morgan fingerprint density at radius 3 is 2.86 bits per heavy atom. The Labute approximate surface area is 85.1 Å². The number of hydrogen-bond donors (Lipinski definition) is 0. The molecule has 75 valence electrons. The van der Waals surface area contributed by atoms with Gasteiger partial charge in [0, 0.05) is 6.07 Å². The molecule has 0 unspecified atom stereocenters. The monoisotopic (exact) mass is 191 g/mol. The molecule has 0 bridgehead atoms. The van der Waals surface area contributed by atoms with Crippen LogP contribution in [-0.2, 0) is 5.41 Å². The van der Waals surface area contributed by atoms with Gasteiger partial charge in [-0.1, -0.05) is 31.9 Å². The summed E-state index contributed by atoms with van der Waals surface area (Å²) >= 11 is 0. The summed E-state index contributed by atoms with van der Waals surface area (Å²) in [7, 11) is 0. The summed E-state index contributed by atoms with van der Waals surface area (Å²) in [6, 6.07) is 7.94. The van der Waals surface area contributed by atoms with Crippen LogP contribution in [0.2, 0.25) is 0 Å². The first-order chi connectivity index (χ1) is 6.77. The van der Waals surface area contributed by atoms with Gasteiger partial charge in [-0.2, -0.15) is 0 Å². The summed E-state index contributed by atoms with van der Waals surface area (Å²) in [6.07, 6.45) is 6.16. The lowest BCUT2D eigenvalue weighted by Crippen LogP contribution is -2.06. The van der Waals surface area contributed by atoms with E-state index in [1.54, 1.807) is 12.1 Å². The molecule has 0 aromatic heterocycles. The quantitative estimate of drug-likeness (QED) is 0.678. The molecule has 1 heteroatoms. The second kappa shape index (κ2) is 3.72. The summed E-state index contributed by atoms with van der Waals surface area (Å²) in [6.45, 7) is 2.20. The molecule has 1 fully saturated rings. The van der Waals surface area contributed by atoms with Crippen molar-refractivity contribution >= 4 is 0 Å². The SMILES string of the molecule is CCCCC1(c2cc[c]c(F)c2)CC1. The molecule has 1 aliphatic rings. The van der Waals surface area contributed by atoms with Crippen molar-refractivity contribution < 1.29 is 4.39 Å². The highest BCUT2D eigenvalue weighted by molar-refractivity contribution is 5.31. The van der Waals surface area contributed by atoms with E-state index in [0.29, 0.717) is 5.41 Å². The van der Waals surface area contributed by atoms with Crippen molar-refractivity contribution in [2.45, 2.75) is 44.4 Å². The molecule has 1 aromatic carbocycles. The third kappa shape index (κ3) is 1.82. The maximum atomic E-state index is 13.0. The molecule has 0 N–H and O–H groups in total. The van der Waals surface area contributed by atoms with Crippen LogP contribution in [0.4, 0.5) is 4.39 Å². The van der Waals surface area contributed by atoms with Crippen LogP contribution in [0, 0.1) is 11.9 Å². The molecule has 0 aliphatic heterocycles. The molecule has 0 atom stereocenters. The summed E-state index contributed by atoms with van der Waals surface area (Å²) in [5.74, 6) is -0.217. The van der Waals surface area contributed by atoms with Crippen molar-refractivity contribution in [3.63, 3.8) is 0 Å². The topological polar surface area (TPSA) is 0 Å². The Bertz CT molecular complexity index is 313. The van der Waals surface area contributed by atoms with Crippen LogP contribution in [0.3, 0.4) is 0 Å². The van der Waals surface area contributed by atoms with E-state index in [2.05, 4.69) is 13.0 Å². The highest BCUT2D eigenvalue weighted by Crippen LogP contribution is 2.51. The molecule has 14 heavy (non-hydrogen) atoms. The average Bonchev–Trinajstić information content (AvgIpc) is 2.96. The Morgan fingerprint density at radius 2 is 2.29 bits per heavy atom. The number of unbranched alkanes of at least 4 members (excludes halogenated alkanes) is 1. The van der Waals surface area contributed by atoms with Crippen LogP contribution in [0.5, 0.6) is 0 Å². The van der Waals surface area contributed by atoms with E-state index < -0.39 is 0 Å². The van der Waals surface area contributed by atoms with Crippen LogP contribution in [0.25, 0.3) is 0 Å². The van der Waals surface area contributed by atoms with Gasteiger partial charge in [-0.15, -0.1) is 0 Å². The minimum absolute atomic E-state index is 0.217. The van der Waals surface area contributed by atoms with Crippen molar-refractivity contribution in [2.75, 3.05) is 0 Å². The predicted octanol–water partition coefficient (Wildman–Crippen LogP) is 3.85. The van der Waals surface area contributed by atoms with Gasteiger partial charge >= 0.3 is 0 Å². The molecule has 1 aliphatic carbocycles. The fourth-order valence-electron chi connectivity index (χ4n) is 2.12. The first-order valence-electron chi connectivity index (χ1n) is 5.44. The molecule has 0 heterocycles. The van der Waals surface area contributed by atoms with Gasteiger partial charge < -0.3 is 0 Å². The largest absolute Gasteiger partial charge is 0.206 e. The molecule has 0 amide bonds. The maximum Gasteiger partial charge on any atom is 0.131 e. The van der Waals surface area contributed by atoms with E-state index in [-0.39, 0.29) is 5.82 Å². The fourth-order valence-corrected chi connectivity index (χ4v) is 2.12. The number of rotatable bonds is 4. The molecule has 1 radical (unpaired) electrons. The minimum Gasteiger partial charge on any atom is -0.206 e. The smallest absolute Gasteiger partial charge is 0.131 e. The van der Waals surface area contributed by atoms with Crippen molar-refractivity contribution in [1.82, 2.24) is 0 Å². The predicted molar refractivity (Wildman–Crippen MR) is 55.7 cm³/mol. The third-order valence-corrected chi connectivity index (χ3v) is 3.24. The second-order valence-corrected chi connectivity index (χ2v) is 4.31. The summed E-state index contributed by atoms with van der Waals surface area (Å²) < 4.78 is 13.0. The van der Waals surface area contributed by atoms with Gasteiger partial charge in [0.15, 0.2) is 0 Å². The molecule has 0 saturated heterocycles. The van der Waals surface area contributed by atoms with Crippen LogP contribution in [0.1, 0.15) is 44.6 Å². The molecule has 0 nitrogen and oxygen atoms in total. The zero-order chi connectivity index (χ0) is 10.0. The normalized spacial score (nSPS) is 18.1. The Morgan fingerprint density at radius 1 is 1.50 bits per heavy atom. The Kier molecular flexibility index (Phi) is 2.58. The third-order valence-electron chi connectivity index (χ3n) is 3.24. The number of hydrogen-bond acceptors (Lipinski definition) is 0. The lowest BCUT2D eigenvalue weighted by molar-refractivity contribution is 0.565. The van der Waals surface area contributed by atoms with E-state index in [1.807, 2.05) is 6.07 Å². The van der Waals surface area contributed by atoms with Gasteiger partial charge in [0.05, 0.1) is 0 Å². The van der Waals surface area contributed by atoms with E-state index in [4.69, 9.17) is 0 Å². The van der Waals surface area contributed by atoms with Gasteiger partial charge in [0.1, 0.15) is 5.82 Å². The Hall–Kier alpha value is -0.850. The molecule has 1 aromatic rings. The Balaban J connectivity index is 2.14. The van der Waals surface area contributed by atoms with Crippen LogP contribution < -0.4 is 0 Å². The van der Waals surface area contributed by atoms with Gasteiger partial charge in [-0.3, -0.25) is 0 Å². The standard InChI is InChI=1S/C13H16F/c1-2-3-7-13(8-9-13)11-5-4-6-12(14)10-11/h4-5,10H,2-3,7-9H2,1H3. The molecular formula is C13H16F. The van der Waals surface area contributed by atoms with Crippen molar-refractivity contribution in [3.05, 3.63) is 35.6 Å². The van der Waals surface area contributed by atoms with Gasteiger partial charge in [0.25, 0.3) is 0 Å². The van der Waals surface area contributed by atoms with Crippen molar-refractivity contribution in [2.24, 2.45) is 0 Å². The van der Waals surface area contributed by atoms with E-state index >= 15 is 0 Å². The lowest BCUT2D eigenvalue weighted by Gasteiger charge is -2.14. The van der Waals surface area contributed by atoms with E-state index in [0.717, 1.165) is 0 Å². The fraction of sp³-hybridized carbons (Fsp3) is 0.538. The summed E-state index contributed by atoms with van der Waals surface area (Å²) in [5, 5.41) is 0. The zero-order valence-corrected chi connectivity index (χ0v) is 8.65. The molecular weight excluding hydrogens is 175 g/mol. The van der Waals surface area contributed by atoms with Crippen LogP contribution in [-0.4, -0.2) is 0 Å². The average molecular weight is 191 g/mol. The second-order valence-electron chi connectivity index (χ2n) is 4.31. The van der Waals surface area contributed by atoms with Gasteiger partial charge in [0.2, 0.25) is 0 Å². The van der Waals surface area contributed by atoms with Crippen LogP contribution in [0.15, 0.2) is 18.2 Å².